The van der Waals surface area contributed by atoms with Crippen LogP contribution in [0.1, 0.15) is 16.4 Å². The molecular weight excluding hydrogens is 594 g/mol. The summed E-state index contributed by atoms with van der Waals surface area (Å²) in [5.74, 6) is -9.30. The third kappa shape index (κ3) is 4.79. The minimum Gasteiger partial charge on any atom is -0.457 e. The summed E-state index contributed by atoms with van der Waals surface area (Å²) in [5, 5.41) is 9.95. The maximum Gasteiger partial charge on any atom is 0.258 e. The second-order valence-electron chi connectivity index (χ2n) is 9.56. The number of hydrogen-bond donors (Lipinski definition) is 2. The number of para-hydroxylation sites is 1. The van der Waals surface area contributed by atoms with Gasteiger partial charge in [0.15, 0.2) is 28.9 Å². The van der Waals surface area contributed by atoms with E-state index in [9.17, 15) is 30.8 Å². The number of rotatable bonds is 6. The number of fused-ring (bicyclic) bond motifs is 1. The van der Waals surface area contributed by atoms with Crippen LogP contribution in [-0.4, -0.2) is 52.1 Å². The molecule has 0 radical (unpaired) electrons. The first-order chi connectivity index (χ1) is 20.5. The molecule has 0 spiro atoms. The predicted octanol–water partition coefficient (Wildman–Crippen LogP) is 3.77. The Balaban J connectivity index is 1.31. The van der Waals surface area contributed by atoms with Crippen LogP contribution in [-0.2, 0) is 10.0 Å². The second-order valence-corrected chi connectivity index (χ2v) is 11.1. The van der Waals surface area contributed by atoms with Crippen LogP contribution in [0.3, 0.4) is 0 Å². The van der Waals surface area contributed by atoms with E-state index in [1.54, 1.807) is 36.4 Å². The van der Waals surface area contributed by atoms with E-state index in [1.165, 1.54) is 11.0 Å². The Morgan fingerprint density at radius 1 is 0.884 bits per heavy atom. The average Bonchev–Trinajstić information content (AvgIpc) is 3.33. The molecule has 1 aliphatic rings. The lowest BCUT2D eigenvalue weighted by Crippen LogP contribution is -2.51. The number of amides is 1. The molecule has 11 nitrogen and oxygen atoms in total. The SMILES string of the molecule is Nc1ncnc2c1c(-c1ccc(Oc3ccccc3)cc1)nn2C1CN(C(=O)c2c(F)c(F)c(F)c(F)c2S(N)(=O)=O)C1. The molecule has 0 bridgehead atoms. The summed E-state index contributed by atoms with van der Waals surface area (Å²) < 4.78 is 87.8. The molecule has 3 aromatic carbocycles. The Morgan fingerprint density at radius 3 is 2.16 bits per heavy atom. The van der Waals surface area contributed by atoms with E-state index in [4.69, 9.17) is 15.6 Å². The smallest absolute Gasteiger partial charge is 0.258 e. The second kappa shape index (κ2) is 10.3. The summed E-state index contributed by atoms with van der Waals surface area (Å²) >= 11 is 0. The standard InChI is InChI=1S/C27H19F4N7O4S/c28-19-17(24(43(33,40)41)22(31)21(30)20(19)29)27(39)37-10-14(11-37)38-26-18(25(32)34-12-35-26)23(36-38)13-6-8-16(9-7-13)42-15-4-2-1-3-5-15/h1-9,12,14H,10-11H2,(H2,32,34,35)(H2,33,40,41). The number of ether oxygens (including phenoxy) is 1. The molecule has 1 fully saturated rings. The van der Waals surface area contributed by atoms with Gasteiger partial charge in [0.1, 0.15) is 39.8 Å². The van der Waals surface area contributed by atoms with E-state index in [0.717, 1.165) is 4.90 Å². The van der Waals surface area contributed by atoms with Crippen LogP contribution in [0.4, 0.5) is 23.4 Å². The molecule has 6 rings (SSSR count). The van der Waals surface area contributed by atoms with Crippen molar-refractivity contribution in [1.29, 1.82) is 0 Å². The molecule has 2 aromatic heterocycles. The molecule has 43 heavy (non-hydrogen) atoms. The zero-order chi connectivity index (χ0) is 30.6. The van der Waals surface area contributed by atoms with Crippen molar-refractivity contribution in [2.45, 2.75) is 10.9 Å². The van der Waals surface area contributed by atoms with Gasteiger partial charge in [0.25, 0.3) is 5.91 Å². The van der Waals surface area contributed by atoms with Gasteiger partial charge in [0.2, 0.25) is 10.0 Å². The monoisotopic (exact) mass is 613 g/mol. The molecule has 220 valence electrons. The molecule has 1 saturated heterocycles. The highest BCUT2D eigenvalue weighted by Gasteiger charge is 2.41. The molecule has 16 heteroatoms. The molecule has 1 aliphatic heterocycles. The number of benzene rings is 3. The lowest BCUT2D eigenvalue weighted by Gasteiger charge is -2.39. The molecule has 4 N–H and O–H groups in total. The van der Waals surface area contributed by atoms with Gasteiger partial charge in [0, 0.05) is 18.7 Å². The quantitative estimate of drug-likeness (QED) is 0.166. The van der Waals surface area contributed by atoms with E-state index in [2.05, 4.69) is 15.1 Å². The molecular formula is C27H19F4N7O4S. The third-order valence-corrected chi connectivity index (χ3v) is 7.79. The summed E-state index contributed by atoms with van der Waals surface area (Å²) in [7, 11) is -5.16. The van der Waals surface area contributed by atoms with Crippen LogP contribution in [0, 0.1) is 23.3 Å². The van der Waals surface area contributed by atoms with Gasteiger partial charge in [-0.2, -0.15) is 5.10 Å². The number of hydrogen-bond acceptors (Lipinski definition) is 8. The predicted molar refractivity (Wildman–Crippen MR) is 144 cm³/mol. The lowest BCUT2D eigenvalue weighted by atomic mass is 10.1. The van der Waals surface area contributed by atoms with Gasteiger partial charge in [0.05, 0.1) is 11.4 Å². The summed E-state index contributed by atoms with van der Waals surface area (Å²) in [6, 6.07) is 15.5. The number of anilines is 1. The van der Waals surface area contributed by atoms with Crippen LogP contribution in [0.15, 0.2) is 65.8 Å². The maximum absolute atomic E-state index is 14.6. The molecule has 0 saturated carbocycles. The number of primary sulfonamides is 1. The van der Waals surface area contributed by atoms with Crippen molar-refractivity contribution >= 4 is 32.8 Å². The van der Waals surface area contributed by atoms with Crippen LogP contribution in [0.2, 0.25) is 0 Å². The van der Waals surface area contributed by atoms with Gasteiger partial charge in [-0.15, -0.1) is 0 Å². The topological polar surface area (TPSA) is 159 Å². The van der Waals surface area contributed by atoms with E-state index < -0.39 is 55.7 Å². The molecule has 0 atom stereocenters. The first-order valence-electron chi connectivity index (χ1n) is 12.5. The van der Waals surface area contributed by atoms with Crippen molar-refractivity contribution in [2.75, 3.05) is 18.8 Å². The zero-order valence-electron chi connectivity index (χ0n) is 21.7. The number of carbonyl (C=O) groups is 1. The number of likely N-dealkylation sites (tertiary alicyclic amines) is 1. The Kier molecular flexibility index (Phi) is 6.73. The Bertz CT molecular complexity index is 2020. The van der Waals surface area contributed by atoms with Crippen molar-refractivity contribution in [3.05, 3.63) is 89.8 Å². The van der Waals surface area contributed by atoms with Crippen molar-refractivity contribution in [3.63, 3.8) is 0 Å². The van der Waals surface area contributed by atoms with Gasteiger partial charge in [-0.05, 0) is 36.4 Å². The van der Waals surface area contributed by atoms with Gasteiger partial charge in [-0.25, -0.2) is 45.8 Å². The fraction of sp³-hybridized carbons (Fsp3) is 0.111. The van der Waals surface area contributed by atoms with Crippen molar-refractivity contribution in [1.82, 2.24) is 24.6 Å². The van der Waals surface area contributed by atoms with E-state index >= 15 is 0 Å². The number of nitrogens with zero attached hydrogens (tertiary/aromatic N) is 5. The van der Waals surface area contributed by atoms with Crippen molar-refractivity contribution in [3.8, 4) is 22.8 Å². The van der Waals surface area contributed by atoms with E-state index in [1.807, 2.05) is 18.2 Å². The number of halogens is 4. The van der Waals surface area contributed by atoms with Gasteiger partial charge in [-0.3, -0.25) is 4.79 Å². The highest BCUT2D eigenvalue weighted by molar-refractivity contribution is 7.89. The number of nitrogen functional groups attached to an aromatic ring is 1. The molecule has 0 unspecified atom stereocenters. The number of nitrogens with two attached hydrogens (primary N) is 2. The van der Waals surface area contributed by atoms with Crippen LogP contribution in [0.5, 0.6) is 11.5 Å². The van der Waals surface area contributed by atoms with Crippen molar-refractivity contribution in [2.24, 2.45) is 5.14 Å². The molecule has 3 heterocycles. The summed E-state index contributed by atoms with van der Waals surface area (Å²) in [6.45, 7) is -0.403. The minimum atomic E-state index is -5.16. The first-order valence-corrected chi connectivity index (χ1v) is 14.0. The number of aromatic nitrogens is 4. The summed E-state index contributed by atoms with van der Waals surface area (Å²) in [4.78, 5) is 20.5. The number of sulfonamides is 1. The highest BCUT2D eigenvalue weighted by atomic mass is 32.2. The maximum atomic E-state index is 14.6. The number of carbonyl (C=O) groups excluding carboxylic acids is 1. The van der Waals surface area contributed by atoms with Gasteiger partial charge in [-0.1, -0.05) is 18.2 Å². The van der Waals surface area contributed by atoms with Crippen LogP contribution >= 0.6 is 0 Å². The molecule has 1 amide bonds. The van der Waals surface area contributed by atoms with Crippen LogP contribution < -0.4 is 15.6 Å². The lowest BCUT2D eigenvalue weighted by molar-refractivity contribution is 0.0496. The summed E-state index contributed by atoms with van der Waals surface area (Å²) in [5.41, 5.74) is 5.98. The Hall–Kier alpha value is -5.09. The van der Waals surface area contributed by atoms with E-state index in [0.29, 0.717) is 33.8 Å². The van der Waals surface area contributed by atoms with Crippen LogP contribution in [0.25, 0.3) is 22.3 Å². The third-order valence-electron chi connectivity index (χ3n) is 6.84. The normalized spacial score (nSPS) is 13.7. The fourth-order valence-corrected chi connectivity index (χ4v) is 5.56. The first kappa shape index (κ1) is 28.0. The zero-order valence-corrected chi connectivity index (χ0v) is 22.5. The average molecular weight is 614 g/mol. The summed E-state index contributed by atoms with van der Waals surface area (Å²) in [6.07, 6.45) is 1.22. The molecule has 5 aromatic rings. The van der Waals surface area contributed by atoms with Gasteiger partial charge < -0.3 is 15.4 Å². The fourth-order valence-electron chi connectivity index (χ4n) is 4.76. The Labute approximate surface area is 240 Å². The van der Waals surface area contributed by atoms with Gasteiger partial charge >= 0.3 is 0 Å². The Morgan fingerprint density at radius 2 is 1.51 bits per heavy atom. The largest absolute Gasteiger partial charge is 0.457 e. The van der Waals surface area contributed by atoms with Crippen molar-refractivity contribution < 1.29 is 35.5 Å². The highest BCUT2D eigenvalue weighted by Crippen LogP contribution is 2.36. The van der Waals surface area contributed by atoms with E-state index in [-0.39, 0.29) is 18.9 Å². The molecule has 0 aliphatic carbocycles. The minimum absolute atomic E-state index is 0.125.